The first-order chi connectivity index (χ1) is 9.97. The monoisotopic (exact) mass is 286 g/mol. The fourth-order valence-corrected chi connectivity index (χ4v) is 2.07. The van der Waals surface area contributed by atoms with Crippen molar-refractivity contribution < 1.29 is 9.21 Å². The number of oxazole rings is 1. The topological polar surface area (TPSA) is 55.1 Å². The van der Waals surface area contributed by atoms with Crippen LogP contribution in [0.15, 0.2) is 28.7 Å². The third-order valence-electron chi connectivity index (χ3n) is 3.28. The van der Waals surface area contributed by atoms with Gasteiger partial charge in [0, 0.05) is 12.1 Å². The molecule has 0 unspecified atom stereocenters. The molecule has 0 bridgehead atoms. The van der Waals surface area contributed by atoms with E-state index in [9.17, 15) is 4.79 Å². The molecule has 0 aliphatic heterocycles. The molecular formula is C17H22N2O2. The first-order valence-corrected chi connectivity index (χ1v) is 7.30. The maximum absolute atomic E-state index is 12.1. The Labute approximate surface area is 125 Å². The normalized spacial score (nSPS) is 10.9. The van der Waals surface area contributed by atoms with E-state index in [0.29, 0.717) is 29.8 Å². The molecule has 21 heavy (non-hydrogen) atoms. The summed E-state index contributed by atoms with van der Waals surface area (Å²) in [7, 11) is 0. The Balaban J connectivity index is 2.14. The van der Waals surface area contributed by atoms with Gasteiger partial charge in [-0.3, -0.25) is 4.79 Å². The summed E-state index contributed by atoms with van der Waals surface area (Å²) < 4.78 is 5.63. The number of nitrogens with one attached hydrogen (secondary N) is 1. The van der Waals surface area contributed by atoms with Crippen LogP contribution < -0.4 is 5.32 Å². The average molecular weight is 286 g/mol. The van der Waals surface area contributed by atoms with E-state index >= 15 is 0 Å². The third kappa shape index (κ3) is 3.94. The zero-order chi connectivity index (χ0) is 15.4. The van der Waals surface area contributed by atoms with Crippen molar-refractivity contribution in [1.29, 1.82) is 0 Å². The smallest absolute Gasteiger partial charge is 0.273 e. The Bertz CT molecular complexity index is 629. The van der Waals surface area contributed by atoms with Crippen molar-refractivity contribution in [2.45, 2.75) is 34.1 Å². The molecule has 4 heteroatoms. The molecule has 0 aliphatic rings. The van der Waals surface area contributed by atoms with Crippen molar-refractivity contribution in [3.63, 3.8) is 0 Å². The molecule has 112 valence electrons. The van der Waals surface area contributed by atoms with Gasteiger partial charge in [0.15, 0.2) is 5.69 Å². The SMILES string of the molecule is Cc1cccc(-c2nc(C(=O)NCCC(C)C)c(C)o2)c1. The summed E-state index contributed by atoms with van der Waals surface area (Å²) in [5.41, 5.74) is 2.39. The minimum absolute atomic E-state index is 0.171. The fraction of sp³-hybridized carbons (Fsp3) is 0.412. The maximum Gasteiger partial charge on any atom is 0.273 e. The second-order valence-electron chi connectivity index (χ2n) is 5.73. The molecule has 1 heterocycles. The molecule has 4 nitrogen and oxygen atoms in total. The number of hydrogen-bond donors (Lipinski definition) is 1. The van der Waals surface area contributed by atoms with Gasteiger partial charge in [0.1, 0.15) is 5.76 Å². The molecule has 0 fully saturated rings. The van der Waals surface area contributed by atoms with E-state index in [1.54, 1.807) is 6.92 Å². The summed E-state index contributed by atoms with van der Waals surface area (Å²) >= 11 is 0. The highest BCUT2D eigenvalue weighted by Gasteiger charge is 2.17. The van der Waals surface area contributed by atoms with Gasteiger partial charge in [-0.1, -0.05) is 31.5 Å². The predicted molar refractivity (Wildman–Crippen MR) is 83.2 cm³/mol. The zero-order valence-electron chi connectivity index (χ0n) is 13.1. The number of benzene rings is 1. The van der Waals surface area contributed by atoms with Crippen molar-refractivity contribution in [3.8, 4) is 11.5 Å². The lowest BCUT2D eigenvalue weighted by atomic mass is 10.1. The Hall–Kier alpha value is -2.10. The minimum atomic E-state index is -0.171. The van der Waals surface area contributed by atoms with Crippen LogP contribution in [-0.2, 0) is 0 Å². The largest absolute Gasteiger partial charge is 0.441 e. The van der Waals surface area contributed by atoms with Crippen LogP contribution in [-0.4, -0.2) is 17.4 Å². The lowest BCUT2D eigenvalue weighted by Gasteiger charge is -2.05. The number of carbonyl (C=O) groups is 1. The fourth-order valence-electron chi connectivity index (χ4n) is 2.07. The average Bonchev–Trinajstić information content (AvgIpc) is 2.80. The number of hydrogen-bond acceptors (Lipinski definition) is 3. The van der Waals surface area contributed by atoms with Crippen molar-refractivity contribution in [3.05, 3.63) is 41.3 Å². The van der Waals surface area contributed by atoms with Gasteiger partial charge < -0.3 is 9.73 Å². The number of rotatable bonds is 5. The van der Waals surface area contributed by atoms with E-state index in [-0.39, 0.29) is 5.91 Å². The molecule has 2 aromatic rings. The van der Waals surface area contributed by atoms with E-state index in [0.717, 1.165) is 17.5 Å². The quantitative estimate of drug-likeness (QED) is 0.911. The molecular weight excluding hydrogens is 264 g/mol. The van der Waals surface area contributed by atoms with Crippen LogP contribution in [0.3, 0.4) is 0 Å². The lowest BCUT2D eigenvalue weighted by Crippen LogP contribution is -2.26. The number of aryl methyl sites for hydroxylation is 2. The molecule has 0 spiro atoms. The molecule has 1 amide bonds. The van der Waals surface area contributed by atoms with Gasteiger partial charge in [0.05, 0.1) is 0 Å². The summed E-state index contributed by atoms with van der Waals surface area (Å²) in [6, 6.07) is 7.88. The van der Waals surface area contributed by atoms with E-state index in [1.807, 2.05) is 31.2 Å². The molecule has 0 saturated carbocycles. The number of amides is 1. The highest BCUT2D eigenvalue weighted by atomic mass is 16.4. The van der Waals surface area contributed by atoms with Gasteiger partial charge in [-0.05, 0) is 38.3 Å². The first kappa shape index (κ1) is 15.3. The van der Waals surface area contributed by atoms with Crippen LogP contribution in [0, 0.1) is 19.8 Å². The van der Waals surface area contributed by atoms with Gasteiger partial charge in [-0.2, -0.15) is 0 Å². The number of aromatic nitrogens is 1. The molecule has 2 rings (SSSR count). The molecule has 0 radical (unpaired) electrons. The van der Waals surface area contributed by atoms with E-state index in [4.69, 9.17) is 4.42 Å². The standard InChI is InChI=1S/C17H22N2O2/c1-11(2)8-9-18-16(20)15-13(4)21-17(19-15)14-7-5-6-12(3)10-14/h5-7,10-11H,8-9H2,1-4H3,(H,18,20). The predicted octanol–water partition coefficient (Wildman–Crippen LogP) is 3.73. The molecule has 1 aromatic carbocycles. The first-order valence-electron chi connectivity index (χ1n) is 7.30. The van der Waals surface area contributed by atoms with Crippen LogP contribution in [0.4, 0.5) is 0 Å². The molecule has 0 saturated heterocycles. The van der Waals surface area contributed by atoms with Crippen LogP contribution in [0.5, 0.6) is 0 Å². The summed E-state index contributed by atoms with van der Waals surface area (Å²) in [4.78, 5) is 16.5. The van der Waals surface area contributed by atoms with Crippen molar-refractivity contribution in [2.24, 2.45) is 5.92 Å². The van der Waals surface area contributed by atoms with Crippen molar-refractivity contribution in [2.75, 3.05) is 6.54 Å². The van der Waals surface area contributed by atoms with E-state index < -0.39 is 0 Å². The van der Waals surface area contributed by atoms with Gasteiger partial charge in [0.25, 0.3) is 5.91 Å². The zero-order valence-corrected chi connectivity index (χ0v) is 13.1. The Morgan fingerprint density at radius 2 is 2.10 bits per heavy atom. The highest BCUT2D eigenvalue weighted by Crippen LogP contribution is 2.22. The van der Waals surface area contributed by atoms with Gasteiger partial charge in [0.2, 0.25) is 5.89 Å². The third-order valence-corrected chi connectivity index (χ3v) is 3.28. The lowest BCUT2D eigenvalue weighted by molar-refractivity contribution is 0.0946. The van der Waals surface area contributed by atoms with Crippen molar-refractivity contribution >= 4 is 5.91 Å². The summed E-state index contributed by atoms with van der Waals surface area (Å²) in [5.74, 6) is 1.43. The van der Waals surface area contributed by atoms with Crippen LogP contribution in [0.1, 0.15) is 42.1 Å². The van der Waals surface area contributed by atoms with Gasteiger partial charge in [-0.25, -0.2) is 4.98 Å². The van der Waals surface area contributed by atoms with Crippen LogP contribution >= 0.6 is 0 Å². The van der Waals surface area contributed by atoms with E-state index in [1.165, 1.54) is 0 Å². The second-order valence-corrected chi connectivity index (χ2v) is 5.73. The summed E-state index contributed by atoms with van der Waals surface area (Å²) in [5, 5.41) is 2.89. The van der Waals surface area contributed by atoms with Crippen LogP contribution in [0.25, 0.3) is 11.5 Å². The summed E-state index contributed by atoms with van der Waals surface area (Å²) in [6.07, 6.45) is 0.952. The number of carbonyl (C=O) groups excluding carboxylic acids is 1. The Morgan fingerprint density at radius 1 is 1.33 bits per heavy atom. The number of nitrogens with zero attached hydrogens (tertiary/aromatic N) is 1. The molecule has 0 atom stereocenters. The molecule has 1 N–H and O–H groups in total. The Kier molecular flexibility index (Phi) is 4.78. The molecule has 1 aromatic heterocycles. The van der Waals surface area contributed by atoms with Gasteiger partial charge >= 0.3 is 0 Å². The van der Waals surface area contributed by atoms with Crippen molar-refractivity contribution in [1.82, 2.24) is 10.3 Å². The molecule has 0 aliphatic carbocycles. The van der Waals surface area contributed by atoms with E-state index in [2.05, 4.69) is 24.1 Å². The summed E-state index contributed by atoms with van der Waals surface area (Å²) in [6.45, 7) is 8.69. The Morgan fingerprint density at radius 3 is 2.76 bits per heavy atom. The maximum atomic E-state index is 12.1. The van der Waals surface area contributed by atoms with Gasteiger partial charge in [-0.15, -0.1) is 0 Å². The highest BCUT2D eigenvalue weighted by molar-refractivity contribution is 5.93. The van der Waals surface area contributed by atoms with Crippen LogP contribution in [0.2, 0.25) is 0 Å². The minimum Gasteiger partial charge on any atom is -0.441 e. The second kappa shape index (κ2) is 6.57.